The van der Waals surface area contributed by atoms with E-state index in [1.54, 1.807) is 30.3 Å². The number of halogens is 2. The Morgan fingerprint density at radius 3 is 2.36 bits per heavy atom. The highest BCUT2D eigenvalue weighted by atomic mass is 19.1. The van der Waals surface area contributed by atoms with Crippen LogP contribution in [0.25, 0.3) is 11.1 Å². The zero-order chi connectivity index (χ0) is 20.1. The summed E-state index contributed by atoms with van der Waals surface area (Å²) in [4.78, 5) is 14.6. The molecule has 0 aliphatic heterocycles. The molecule has 0 fully saturated rings. The van der Waals surface area contributed by atoms with Crippen LogP contribution in [0.15, 0.2) is 54.7 Å². The zero-order valence-corrected chi connectivity index (χ0v) is 14.6. The van der Waals surface area contributed by atoms with Crippen molar-refractivity contribution in [2.75, 3.05) is 12.3 Å². The summed E-state index contributed by atoms with van der Waals surface area (Å²) in [5, 5.41) is 8.63. The van der Waals surface area contributed by atoms with Crippen molar-refractivity contribution in [1.29, 1.82) is 0 Å². The van der Waals surface area contributed by atoms with Crippen molar-refractivity contribution < 1.29 is 28.2 Å². The van der Waals surface area contributed by atoms with E-state index in [2.05, 4.69) is 4.98 Å². The van der Waals surface area contributed by atoms with E-state index in [1.807, 2.05) is 0 Å². The third-order valence-electron chi connectivity index (χ3n) is 3.87. The number of benzene rings is 2. The van der Waals surface area contributed by atoms with Crippen LogP contribution < -0.4 is 15.2 Å². The van der Waals surface area contributed by atoms with Crippen LogP contribution in [-0.4, -0.2) is 22.7 Å². The minimum Gasteiger partial charge on any atom is -0.485 e. The molecule has 1 heterocycles. The van der Waals surface area contributed by atoms with E-state index in [-0.39, 0.29) is 23.7 Å². The molecule has 3 rings (SSSR count). The van der Waals surface area contributed by atoms with Gasteiger partial charge in [0.05, 0.1) is 5.56 Å². The number of pyridine rings is 1. The maximum Gasteiger partial charge on any atom is 0.341 e. The van der Waals surface area contributed by atoms with Crippen LogP contribution in [0.4, 0.5) is 14.6 Å². The molecule has 6 nitrogen and oxygen atoms in total. The predicted octanol–water partition coefficient (Wildman–Crippen LogP) is 3.65. The number of hydrogen-bond donors (Lipinski definition) is 2. The molecule has 3 aromatic rings. The molecule has 0 spiro atoms. The number of aromatic nitrogens is 1. The van der Waals surface area contributed by atoms with Crippen molar-refractivity contribution in [3.63, 3.8) is 0 Å². The molecule has 144 valence electrons. The van der Waals surface area contributed by atoms with Crippen LogP contribution in [0.2, 0.25) is 0 Å². The van der Waals surface area contributed by atoms with E-state index in [4.69, 9.17) is 20.3 Å². The van der Waals surface area contributed by atoms with E-state index < -0.39 is 24.2 Å². The molecule has 8 heteroatoms. The van der Waals surface area contributed by atoms with Gasteiger partial charge < -0.3 is 20.3 Å². The van der Waals surface area contributed by atoms with E-state index in [9.17, 15) is 13.6 Å². The lowest BCUT2D eigenvalue weighted by Crippen LogP contribution is -2.09. The van der Waals surface area contributed by atoms with Crippen molar-refractivity contribution in [2.45, 2.75) is 6.61 Å². The highest BCUT2D eigenvalue weighted by Gasteiger charge is 2.12. The van der Waals surface area contributed by atoms with Gasteiger partial charge in [0.2, 0.25) is 0 Å². The summed E-state index contributed by atoms with van der Waals surface area (Å²) in [6.07, 6.45) is 1.53. The minimum absolute atomic E-state index is 0.0851. The maximum atomic E-state index is 13.7. The first-order valence-electron chi connectivity index (χ1n) is 8.20. The van der Waals surface area contributed by atoms with Crippen LogP contribution >= 0.6 is 0 Å². The van der Waals surface area contributed by atoms with E-state index in [0.29, 0.717) is 11.3 Å². The standard InChI is InChI=1S/C20H16F2N2O4/c21-16-2-1-3-17(22)15(16)10-28-18-8-13(9-24-20(18)23)12-4-6-14(7-5-12)27-11-19(25)26/h1-9H,10-11H2,(H2,23,24)(H,25,26). The van der Waals surface area contributed by atoms with Gasteiger partial charge in [-0.05, 0) is 35.9 Å². The number of anilines is 1. The Kier molecular flexibility index (Phi) is 5.69. The van der Waals surface area contributed by atoms with Crippen molar-refractivity contribution in [2.24, 2.45) is 0 Å². The normalized spacial score (nSPS) is 10.5. The van der Waals surface area contributed by atoms with Gasteiger partial charge in [-0.3, -0.25) is 0 Å². The average molecular weight is 386 g/mol. The summed E-state index contributed by atoms with van der Waals surface area (Å²) in [6.45, 7) is -0.775. The lowest BCUT2D eigenvalue weighted by atomic mass is 10.1. The summed E-state index contributed by atoms with van der Waals surface area (Å²) in [5.41, 5.74) is 7.00. The lowest BCUT2D eigenvalue weighted by Gasteiger charge is -2.11. The molecule has 0 radical (unpaired) electrons. The maximum absolute atomic E-state index is 13.7. The van der Waals surface area contributed by atoms with Gasteiger partial charge in [-0.25, -0.2) is 18.6 Å². The zero-order valence-electron chi connectivity index (χ0n) is 14.6. The summed E-state index contributed by atoms with van der Waals surface area (Å²) in [6, 6.07) is 11.8. The molecule has 2 aromatic carbocycles. The number of aliphatic carboxylic acids is 1. The first-order valence-corrected chi connectivity index (χ1v) is 8.20. The van der Waals surface area contributed by atoms with Crippen molar-refractivity contribution >= 4 is 11.8 Å². The fourth-order valence-corrected chi connectivity index (χ4v) is 2.44. The van der Waals surface area contributed by atoms with Crippen molar-refractivity contribution in [3.8, 4) is 22.6 Å². The Balaban J connectivity index is 1.77. The van der Waals surface area contributed by atoms with Gasteiger partial charge in [0.1, 0.15) is 24.0 Å². The van der Waals surface area contributed by atoms with Gasteiger partial charge in [0.15, 0.2) is 18.2 Å². The molecule has 3 N–H and O–H groups in total. The molecule has 0 atom stereocenters. The second kappa shape index (κ2) is 8.34. The number of nitrogens with two attached hydrogens (primary N) is 1. The topological polar surface area (TPSA) is 94.7 Å². The molecular formula is C20H16F2N2O4. The molecule has 0 aliphatic rings. The smallest absolute Gasteiger partial charge is 0.341 e. The highest BCUT2D eigenvalue weighted by Crippen LogP contribution is 2.29. The number of nitrogens with zero attached hydrogens (tertiary/aromatic N) is 1. The fourth-order valence-electron chi connectivity index (χ4n) is 2.44. The molecule has 0 amide bonds. The van der Waals surface area contributed by atoms with Crippen molar-refractivity contribution in [3.05, 3.63) is 71.9 Å². The summed E-state index contributed by atoms with van der Waals surface area (Å²) >= 11 is 0. The monoisotopic (exact) mass is 386 g/mol. The Labute approximate surface area is 159 Å². The van der Waals surface area contributed by atoms with Gasteiger partial charge >= 0.3 is 5.97 Å². The summed E-state index contributed by atoms with van der Waals surface area (Å²) in [5.74, 6) is -1.81. The van der Waals surface area contributed by atoms with E-state index in [1.165, 1.54) is 12.3 Å². The highest BCUT2D eigenvalue weighted by molar-refractivity contribution is 5.69. The van der Waals surface area contributed by atoms with Crippen LogP contribution in [0.3, 0.4) is 0 Å². The second-order valence-electron chi connectivity index (χ2n) is 5.80. The fraction of sp³-hybridized carbons (Fsp3) is 0.100. The predicted molar refractivity (Wildman–Crippen MR) is 97.9 cm³/mol. The Morgan fingerprint density at radius 1 is 1.04 bits per heavy atom. The molecule has 0 saturated carbocycles. The van der Waals surface area contributed by atoms with Crippen LogP contribution in [-0.2, 0) is 11.4 Å². The minimum atomic E-state index is -1.07. The Hall–Kier alpha value is -3.68. The van der Waals surface area contributed by atoms with Gasteiger partial charge in [0, 0.05) is 11.8 Å². The van der Waals surface area contributed by atoms with E-state index >= 15 is 0 Å². The SMILES string of the molecule is Nc1ncc(-c2ccc(OCC(=O)O)cc2)cc1OCc1c(F)cccc1F. The third kappa shape index (κ3) is 4.53. The van der Waals surface area contributed by atoms with Gasteiger partial charge in [-0.15, -0.1) is 0 Å². The summed E-state index contributed by atoms with van der Waals surface area (Å²) in [7, 11) is 0. The first-order chi connectivity index (χ1) is 13.4. The second-order valence-corrected chi connectivity index (χ2v) is 5.80. The first kappa shape index (κ1) is 19.1. The molecule has 0 bridgehead atoms. The molecular weight excluding hydrogens is 370 g/mol. The summed E-state index contributed by atoms with van der Waals surface area (Å²) < 4.78 is 38.0. The number of carbonyl (C=O) groups is 1. The van der Waals surface area contributed by atoms with Crippen LogP contribution in [0.1, 0.15) is 5.56 Å². The molecule has 1 aromatic heterocycles. The number of ether oxygens (including phenoxy) is 2. The lowest BCUT2D eigenvalue weighted by molar-refractivity contribution is -0.139. The van der Waals surface area contributed by atoms with Crippen LogP contribution in [0.5, 0.6) is 11.5 Å². The number of rotatable bonds is 7. The largest absolute Gasteiger partial charge is 0.485 e. The molecule has 0 saturated heterocycles. The Morgan fingerprint density at radius 2 is 1.71 bits per heavy atom. The van der Waals surface area contributed by atoms with Gasteiger partial charge in [-0.2, -0.15) is 0 Å². The van der Waals surface area contributed by atoms with Gasteiger partial charge in [0.25, 0.3) is 0 Å². The number of hydrogen-bond acceptors (Lipinski definition) is 5. The van der Waals surface area contributed by atoms with E-state index in [0.717, 1.165) is 17.7 Å². The van der Waals surface area contributed by atoms with Gasteiger partial charge in [-0.1, -0.05) is 18.2 Å². The number of nitrogen functional groups attached to an aromatic ring is 1. The quantitative estimate of drug-likeness (QED) is 0.644. The van der Waals surface area contributed by atoms with Crippen LogP contribution in [0, 0.1) is 11.6 Å². The third-order valence-corrected chi connectivity index (χ3v) is 3.87. The molecule has 0 aliphatic carbocycles. The average Bonchev–Trinajstić information content (AvgIpc) is 2.67. The Bertz CT molecular complexity index is 974. The molecule has 0 unspecified atom stereocenters. The number of carboxylic acids is 1. The van der Waals surface area contributed by atoms with Crippen molar-refractivity contribution in [1.82, 2.24) is 4.98 Å². The number of carboxylic acid groups (broad SMARTS) is 1. The molecule has 28 heavy (non-hydrogen) atoms.